The maximum Gasteiger partial charge on any atom is 0.318 e. The van der Waals surface area contributed by atoms with Crippen LogP contribution in [0.15, 0.2) is 71.3 Å². The van der Waals surface area contributed by atoms with Crippen molar-refractivity contribution in [1.82, 2.24) is 26.4 Å². The zero-order valence-corrected chi connectivity index (χ0v) is 33.4. The third-order valence-corrected chi connectivity index (χ3v) is 7.79. The average molecular weight is 766 g/mol. The Balaban J connectivity index is 0.000000723. The summed E-state index contributed by atoms with van der Waals surface area (Å²) in [6.45, 7) is 15.3. The summed E-state index contributed by atoms with van der Waals surface area (Å²) in [6, 6.07) is 20.3. The predicted octanol–water partition coefficient (Wildman–Crippen LogP) is 4.43. The second-order valence-corrected chi connectivity index (χ2v) is 13.1. The van der Waals surface area contributed by atoms with Crippen LogP contribution in [0.1, 0.15) is 84.5 Å². The van der Waals surface area contributed by atoms with Gasteiger partial charge in [-0.05, 0) is 44.6 Å². The fraction of sp³-hybridized carbons (Fsp3) is 0.488. The van der Waals surface area contributed by atoms with Crippen molar-refractivity contribution in [1.29, 1.82) is 0 Å². The Morgan fingerprint density at radius 3 is 1.91 bits per heavy atom. The molecule has 0 spiro atoms. The molecule has 1 aromatic heterocycles. The van der Waals surface area contributed by atoms with Crippen LogP contribution in [0.3, 0.4) is 0 Å². The van der Waals surface area contributed by atoms with Gasteiger partial charge in [-0.3, -0.25) is 28.8 Å². The fourth-order valence-electron chi connectivity index (χ4n) is 4.79. The third kappa shape index (κ3) is 20.0. The summed E-state index contributed by atoms with van der Waals surface area (Å²) in [5.41, 5.74) is 2.04. The molecule has 3 aromatic rings. The molecule has 0 radical (unpaired) electrons. The van der Waals surface area contributed by atoms with Crippen molar-refractivity contribution in [2.45, 2.75) is 105 Å². The first-order valence-corrected chi connectivity index (χ1v) is 18.7. The number of aryl methyl sites for hydroxylation is 2. The van der Waals surface area contributed by atoms with Crippen LogP contribution < -0.4 is 26.0 Å². The second kappa shape index (κ2) is 26.4. The molecule has 4 rings (SSSR count). The monoisotopic (exact) mass is 765 g/mol. The van der Waals surface area contributed by atoms with Crippen LogP contribution in [0.5, 0.6) is 5.95 Å². The van der Waals surface area contributed by atoms with E-state index in [1.54, 1.807) is 6.92 Å². The molecule has 1 aliphatic rings. The highest BCUT2D eigenvalue weighted by Crippen LogP contribution is 2.29. The number of hydrogen-bond donors (Lipinski definition) is 4. The number of nitrogens with one attached hydrogen (secondary N) is 4. The van der Waals surface area contributed by atoms with E-state index in [9.17, 15) is 28.8 Å². The summed E-state index contributed by atoms with van der Waals surface area (Å²) in [4.78, 5) is 72.4. The van der Waals surface area contributed by atoms with Gasteiger partial charge in [-0.15, -0.1) is 0 Å². The van der Waals surface area contributed by atoms with Crippen LogP contribution in [0, 0.1) is 12.8 Å². The standard InChI is InChI=1S/C24H35N5O9.C8H10.C7H8.C2H6/c1-5-6-16(27-19(32)10-25-18(31)8-15-9-21(36-13-30)38-29-15)23(35)26-11-20(33)28-17(7-14(2)3)22(34)24(4)12-37-24;1-2-8-6-4-3-5-7-8;1-7-5-3-2-4-6-7;1-2/h9,13-14,16-17H,5-8,10-12H2,1-4H3,(H,25,31)(H,26,35)(H,27,32)(H,28,33);3-7H,2H2,1H3;2-6H,1H3;1-2H3/t16-,17-,24?;;;/m0.../s1. The van der Waals surface area contributed by atoms with Crippen LogP contribution >= 0.6 is 0 Å². The number of carbonyl (C=O) groups excluding carboxylic acids is 6. The van der Waals surface area contributed by atoms with Gasteiger partial charge in [0, 0.05) is 6.07 Å². The first kappa shape index (κ1) is 47.7. The molecule has 1 unspecified atom stereocenters. The van der Waals surface area contributed by atoms with E-state index >= 15 is 0 Å². The largest absolute Gasteiger partial charge is 0.393 e. The van der Waals surface area contributed by atoms with Crippen LogP contribution in [0.25, 0.3) is 0 Å². The van der Waals surface area contributed by atoms with Gasteiger partial charge in [0.1, 0.15) is 11.6 Å². The van der Waals surface area contributed by atoms with Crippen molar-refractivity contribution in [3.63, 3.8) is 0 Å². The van der Waals surface area contributed by atoms with Crippen molar-refractivity contribution < 1.29 is 42.8 Å². The molecular formula is C41H59N5O9. The number of amides is 4. The van der Waals surface area contributed by atoms with Gasteiger partial charge < -0.3 is 35.3 Å². The van der Waals surface area contributed by atoms with E-state index in [0.717, 1.165) is 6.42 Å². The van der Waals surface area contributed by atoms with Gasteiger partial charge >= 0.3 is 12.4 Å². The van der Waals surface area contributed by atoms with E-state index in [1.807, 2.05) is 58.9 Å². The first-order valence-electron chi connectivity index (χ1n) is 18.7. The lowest BCUT2D eigenvalue weighted by Crippen LogP contribution is -2.53. The maximum atomic E-state index is 12.7. The van der Waals surface area contributed by atoms with E-state index in [1.165, 1.54) is 17.2 Å². The van der Waals surface area contributed by atoms with Crippen LogP contribution in [-0.2, 0) is 46.3 Å². The minimum absolute atomic E-state index is 0.149. The maximum absolute atomic E-state index is 12.7. The number of hydrogen-bond acceptors (Lipinski definition) is 10. The molecule has 4 N–H and O–H groups in total. The lowest BCUT2D eigenvalue weighted by Gasteiger charge is -2.22. The Labute approximate surface area is 324 Å². The van der Waals surface area contributed by atoms with Crippen molar-refractivity contribution in [3.05, 3.63) is 83.6 Å². The molecule has 14 nitrogen and oxygen atoms in total. The van der Waals surface area contributed by atoms with Gasteiger partial charge in [0.05, 0.1) is 37.9 Å². The molecule has 2 aromatic carbocycles. The molecule has 55 heavy (non-hydrogen) atoms. The molecule has 0 bridgehead atoms. The number of carbonyl (C=O) groups is 6. The molecule has 0 saturated carbocycles. The first-order chi connectivity index (χ1) is 26.3. The third-order valence-electron chi connectivity index (χ3n) is 7.79. The van der Waals surface area contributed by atoms with Gasteiger partial charge in [0.25, 0.3) is 0 Å². The molecular weight excluding hydrogens is 706 g/mol. The zero-order valence-electron chi connectivity index (χ0n) is 33.4. The quantitative estimate of drug-likeness (QED) is 0.106. The van der Waals surface area contributed by atoms with Gasteiger partial charge in [-0.25, -0.2) is 0 Å². The summed E-state index contributed by atoms with van der Waals surface area (Å²) in [5.74, 6) is -2.49. The van der Waals surface area contributed by atoms with Crippen molar-refractivity contribution in [2.24, 2.45) is 5.92 Å². The summed E-state index contributed by atoms with van der Waals surface area (Å²) >= 11 is 0. The summed E-state index contributed by atoms with van der Waals surface area (Å²) in [5, 5.41) is 13.6. The smallest absolute Gasteiger partial charge is 0.318 e. The number of epoxide rings is 1. The Bertz CT molecular complexity index is 1590. The van der Waals surface area contributed by atoms with Crippen LogP contribution in [-0.4, -0.2) is 78.4 Å². The Hall–Kier alpha value is -5.37. The Kier molecular flexibility index (Phi) is 22.9. The fourth-order valence-corrected chi connectivity index (χ4v) is 4.79. The van der Waals surface area contributed by atoms with E-state index in [2.05, 4.69) is 85.9 Å². The molecule has 14 heteroatoms. The minimum atomic E-state index is -0.928. The highest BCUT2D eigenvalue weighted by atomic mass is 16.6. The van der Waals surface area contributed by atoms with E-state index in [0.29, 0.717) is 25.9 Å². The van der Waals surface area contributed by atoms with Crippen LogP contribution in [0.4, 0.5) is 0 Å². The molecule has 3 atom stereocenters. The number of ether oxygens (including phenoxy) is 2. The van der Waals surface area contributed by atoms with E-state index < -0.39 is 47.9 Å². The molecule has 4 amide bonds. The molecule has 302 valence electrons. The molecule has 0 aliphatic carbocycles. The SMILES string of the molecule is CC.CCC[C@H](NC(=O)CNC(=O)Cc1cc(OC=O)on1)C(=O)NCC(=O)N[C@@H](CC(C)C)C(=O)C1(C)CO1.CCc1ccccc1.Cc1ccccc1. The lowest BCUT2D eigenvalue weighted by molar-refractivity contribution is -0.132. The number of ketones is 1. The van der Waals surface area contributed by atoms with Gasteiger partial charge in [0.15, 0.2) is 5.78 Å². The molecule has 2 heterocycles. The zero-order chi connectivity index (χ0) is 41.2. The predicted molar refractivity (Wildman–Crippen MR) is 209 cm³/mol. The summed E-state index contributed by atoms with van der Waals surface area (Å²) in [6.07, 6.45) is 2.22. The number of nitrogens with zero attached hydrogens (tertiary/aromatic N) is 1. The van der Waals surface area contributed by atoms with Crippen molar-refractivity contribution >= 4 is 35.9 Å². The number of rotatable bonds is 18. The van der Waals surface area contributed by atoms with E-state index in [4.69, 9.17) is 4.74 Å². The summed E-state index contributed by atoms with van der Waals surface area (Å²) < 4.78 is 14.4. The molecule has 1 fully saturated rings. The van der Waals surface area contributed by atoms with Gasteiger partial charge in [-0.2, -0.15) is 0 Å². The highest BCUT2D eigenvalue weighted by molar-refractivity contribution is 5.97. The molecule has 1 aliphatic heterocycles. The second-order valence-electron chi connectivity index (χ2n) is 13.1. The highest BCUT2D eigenvalue weighted by Gasteiger charge is 2.50. The number of aromatic nitrogens is 1. The van der Waals surface area contributed by atoms with Crippen molar-refractivity contribution in [3.8, 4) is 5.95 Å². The average Bonchev–Trinajstić information content (AvgIpc) is 3.79. The number of benzene rings is 2. The van der Waals surface area contributed by atoms with Gasteiger partial charge in [-0.1, -0.05) is 119 Å². The Morgan fingerprint density at radius 2 is 1.44 bits per heavy atom. The topological polar surface area (TPSA) is 198 Å². The van der Waals surface area contributed by atoms with Crippen molar-refractivity contribution in [2.75, 3.05) is 19.7 Å². The van der Waals surface area contributed by atoms with Crippen LogP contribution in [0.2, 0.25) is 0 Å². The molecule has 1 saturated heterocycles. The van der Waals surface area contributed by atoms with E-state index in [-0.39, 0.29) is 42.8 Å². The lowest BCUT2D eigenvalue weighted by atomic mass is 9.93. The normalized spacial score (nSPS) is 14.7. The number of Topliss-reactive ketones (excluding diaryl/α,β-unsaturated/α-hetero) is 1. The minimum Gasteiger partial charge on any atom is -0.393 e. The van der Waals surface area contributed by atoms with Gasteiger partial charge in [0.2, 0.25) is 23.6 Å². The Morgan fingerprint density at radius 1 is 0.873 bits per heavy atom. The summed E-state index contributed by atoms with van der Waals surface area (Å²) in [7, 11) is 0.